The topological polar surface area (TPSA) is 29.5 Å². The summed E-state index contributed by atoms with van der Waals surface area (Å²) in [6, 6.07) is 5.45. The number of methoxy groups -OCH3 is 1. The molecule has 2 nitrogen and oxygen atoms in total. The third-order valence-electron chi connectivity index (χ3n) is 2.38. The van der Waals surface area contributed by atoms with E-state index in [4.69, 9.17) is 9.84 Å². The van der Waals surface area contributed by atoms with Gasteiger partial charge in [-0.3, -0.25) is 0 Å². The molecule has 0 aliphatic rings. The molecule has 1 aromatic carbocycles. The highest BCUT2D eigenvalue weighted by Crippen LogP contribution is 2.39. The lowest BCUT2D eigenvalue weighted by atomic mass is 10.0. The molecule has 0 saturated carbocycles. The number of rotatable bonds is 4. The molecule has 0 aliphatic carbocycles. The maximum absolute atomic E-state index is 12.8. The van der Waals surface area contributed by atoms with Crippen molar-refractivity contribution >= 4 is 0 Å². The van der Waals surface area contributed by atoms with Gasteiger partial charge in [0.25, 0.3) is 0 Å². The summed E-state index contributed by atoms with van der Waals surface area (Å²) in [6.07, 6.45) is -9.37. The molecule has 0 heterocycles. The summed E-state index contributed by atoms with van der Waals surface area (Å²) in [6.45, 7) is 0. The van der Waals surface area contributed by atoms with Gasteiger partial charge in [0.15, 0.2) is 0 Å². The standard InChI is InChI=1S/C11H11F5O2/c1-18-8-4-2-7(3-5-8)6-9(17)10(12,13)11(14,15)16/h2-5,9,17H,6H2,1H3. The van der Waals surface area contributed by atoms with Gasteiger partial charge in [-0.2, -0.15) is 22.0 Å². The van der Waals surface area contributed by atoms with Gasteiger partial charge >= 0.3 is 12.1 Å². The lowest BCUT2D eigenvalue weighted by Gasteiger charge is -2.24. The van der Waals surface area contributed by atoms with E-state index >= 15 is 0 Å². The van der Waals surface area contributed by atoms with Crippen LogP contribution in [0, 0.1) is 0 Å². The minimum atomic E-state index is -5.76. The minimum absolute atomic E-state index is 0.159. The second kappa shape index (κ2) is 5.09. The predicted octanol–water partition coefficient (Wildman–Crippen LogP) is 2.80. The first-order valence-corrected chi connectivity index (χ1v) is 4.94. The lowest BCUT2D eigenvalue weighted by molar-refractivity contribution is -0.312. The molecule has 0 aromatic heterocycles. The van der Waals surface area contributed by atoms with Crippen LogP contribution in [0.1, 0.15) is 5.56 Å². The van der Waals surface area contributed by atoms with Crippen molar-refractivity contribution in [1.82, 2.24) is 0 Å². The van der Waals surface area contributed by atoms with Gasteiger partial charge in [-0.25, -0.2) is 0 Å². The monoisotopic (exact) mass is 270 g/mol. The van der Waals surface area contributed by atoms with E-state index in [-0.39, 0.29) is 5.56 Å². The van der Waals surface area contributed by atoms with Crippen molar-refractivity contribution in [2.24, 2.45) is 0 Å². The molecule has 1 aromatic rings. The van der Waals surface area contributed by atoms with Crippen LogP contribution in [0.4, 0.5) is 22.0 Å². The lowest BCUT2D eigenvalue weighted by Crippen LogP contribution is -2.47. The molecular formula is C11H11F5O2. The van der Waals surface area contributed by atoms with Crippen molar-refractivity contribution in [3.05, 3.63) is 29.8 Å². The molecule has 0 bridgehead atoms. The van der Waals surface area contributed by atoms with Crippen molar-refractivity contribution in [2.45, 2.75) is 24.6 Å². The van der Waals surface area contributed by atoms with Gasteiger partial charge in [-0.05, 0) is 17.7 Å². The van der Waals surface area contributed by atoms with E-state index in [9.17, 15) is 22.0 Å². The maximum atomic E-state index is 12.8. The number of hydrogen-bond donors (Lipinski definition) is 1. The van der Waals surface area contributed by atoms with Crippen LogP contribution in [0.5, 0.6) is 5.75 Å². The molecule has 1 N–H and O–H groups in total. The number of benzene rings is 1. The number of aliphatic hydroxyl groups excluding tert-OH is 1. The van der Waals surface area contributed by atoms with Crippen molar-refractivity contribution < 1.29 is 31.8 Å². The van der Waals surface area contributed by atoms with Crippen LogP contribution in [0.2, 0.25) is 0 Å². The van der Waals surface area contributed by atoms with Gasteiger partial charge in [-0.1, -0.05) is 12.1 Å². The van der Waals surface area contributed by atoms with Crippen LogP contribution < -0.4 is 4.74 Å². The average Bonchev–Trinajstić information content (AvgIpc) is 2.28. The zero-order valence-corrected chi connectivity index (χ0v) is 9.34. The first-order valence-electron chi connectivity index (χ1n) is 4.94. The Bertz CT molecular complexity index is 385. The van der Waals surface area contributed by atoms with Gasteiger partial charge in [-0.15, -0.1) is 0 Å². The fourth-order valence-electron chi connectivity index (χ4n) is 1.30. The van der Waals surface area contributed by atoms with E-state index < -0.39 is 24.6 Å². The summed E-state index contributed by atoms with van der Waals surface area (Å²) >= 11 is 0. The second-order valence-corrected chi connectivity index (χ2v) is 3.69. The smallest absolute Gasteiger partial charge is 0.456 e. The number of ether oxygens (including phenoxy) is 1. The molecule has 7 heteroatoms. The van der Waals surface area contributed by atoms with Crippen molar-refractivity contribution in [3.8, 4) is 5.75 Å². The summed E-state index contributed by atoms with van der Waals surface area (Å²) in [5.41, 5.74) is 0.159. The number of alkyl halides is 5. The Balaban J connectivity index is 2.78. The Labute approximate surface area is 100.0 Å². The zero-order chi connectivity index (χ0) is 14.0. The fourth-order valence-corrected chi connectivity index (χ4v) is 1.30. The zero-order valence-electron chi connectivity index (χ0n) is 9.34. The molecular weight excluding hydrogens is 259 g/mol. The molecule has 0 saturated heterocycles. The van der Waals surface area contributed by atoms with Crippen LogP contribution in [0.15, 0.2) is 24.3 Å². The first kappa shape index (κ1) is 14.7. The van der Waals surface area contributed by atoms with E-state index in [1.165, 1.54) is 31.4 Å². The molecule has 1 rings (SSSR count). The van der Waals surface area contributed by atoms with Gasteiger partial charge in [0.1, 0.15) is 11.9 Å². The summed E-state index contributed by atoms with van der Waals surface area (Å²) in [5, 5.41) is 8.99. The van der Waals surface area contributed by atoms with Crippen LogP contribution in [0.25, 0.3) is 0 Å². The summed E-state index contributed by atoms with van der Waals surface area (Å²) < 4.78 is 66.2. The van der Waals surface area contributed by atoms with Crippen molar-refractivity contribution in [3.63, 3.8) is 0 Å². The van der Waals surface area contributed by atoms with Crippen molar-refractivity contribution in [2.75, 3.05) is 7.11 Å². The Hall–Kier alpha value is -1.37. The quantitative estimate of drug-likeness (QED) is 0.852. The third kappa shape index (κ3) is 3.10. The highest BCUT2D eigenvalue weighted by Gasteiger charge is 2.61. The van der Waals surface area contributed by atoms with E-state index in [2.05, 4.69) is 0 Å². The molecule has 102 valence electrons. The second-order valence-electron chi connectivity index (χ2n) is 3.69. The third-order valence-corrected chi connectivity index (χ3v) is 2.38. The van der Waals surface area contributed by atoms with E-state index in [1.54, 1.807) is 0 Å². The predicted molar refractivity (Wildman–Crippen MR) is 53.7 cm³/mol. The highest BCUT2D eigenvalue weighted by molar-refractivity contribution is 5.27. The molecule has 0 spiro atoms. The van der Waals surface area contributed by atoms with Crippen LogP contribution in [0.3, 0.4) is 0 Å². The fraction of sp³-hybridized carbons (Fsp3) is 0.455. The van der Waals surface area contributed by atoms with E-state index in [1.807, 2.05) is 0 Å². The first-order chi connectivity index (χ1) is 8.18. The molecule has 0 radical (unpaired) electrons. The largest absolute Gasteiger partial charge is 0.497 e. The van der Waals surface area contributed by atoms with Crippen LogP contribution >= 0.6 is 0 Å². The Morgan fingerprint density at radius 1 is 1.11 bits per heavy atom. The Morgan fingerprint density at radius 3 is 2.00 bits per heavy atom. The van der Waals surface area contributed by atoms with Gasteiger partial charge < -0.3 is 9.84 Å². The van der Waals surface area contributed by atoms with E-state index in [0.29, 0.717) is 5.75 Å². The molecule has 1 atom stereocenters. The molecule has 18 heavy (non-hydrogen) atoms. The van der Waals surface area contributed by atoms with Gasteiger partial charge in [0, 0.05) is 6.42 Å². The molecule has 0 fully saturated rings. The number of aliphatic hydroxyl groups is 1. The minimum Gasteiger partial charge on any atom is -0.497 e. The maximum Gasteiger partial charge on any atom is 0.456 e. The normalized spacial score (nSPS) is 14.4. The summed E-state index contributed by atoms with van der Waals surface area (Å²) in [4.78, 5) is 0. The highest BCUT2D eigenvalue weighted by atomic mass is 19.4. The molecule has 1 unspecified atom stereocenters. The average molecular weight is 270 g/mol. The SMILES string of the molecule is COc1ccc(CC(O)C(F)(F)C(F)(F)F)cc1. The number of halogens is 5. The summed E-state index contributed by atoms with van der Waals surface area (Å²) in [5.74, 6) is -4.69. The summed E-state index contributed by atoms with van der Waals surface area (Å²) in [7, 11) is 1.39. The number of hydrogen-bond acceptors (Lipinski definition) is 2. The van der Waals surface area contributed by atoms with E-state index in [0.717, 1.165) is 0 Å². The van der Waals surface area contributed by atoms with Gasteiger partial charge in [0.05, 0.1) is 7.11 Å². The van der Waals surface area contributed by atoms with Gasteiger partial charge in [0.2, 0.25) is 0 Å². The molecule has 0 amide bonds. The van der Waals surface area contributed by atoms with Crippen molar-refractivity contribution in [1.29, 1.82) is 0 Å². The molecule has 0 aliphatic heterocycles. The Morgan fingerprint density at radius 2 is 1.61 bits per heavy atom. The van der Waals surface area contributed by atoms with Crippen LogP contribution in [-0.4, -0.2) is 30.4 Å². The Kier molecular flexibility index (Phi) is 4.16. The van der Waals surface area contributed by atoms with Crippen LogP contribution in [-0.2, 0) is 6.42 Å².